The highest BCUT2D eigenvalue weighted by molar-refractivity contribution is 5.93. The third-order valence-corrected chi connectivity index (χ3v) is 4.19. The number of halogens is 1. The number of hydroxylamine groups is 1. The maximum absolute atomic E-state index is 14.3. The molecule has 2 N–H and O–H groups in total. The number of hydrogen-bond donors (Lipinski definition) is 2. The van der Waals surface area contributed by atoms with Gasteiger partial charge in [-0.3, -0.25) is 14.9 Å². The zero-order valence-electron chi connectivity index (χ0n) is 10.8. The van der Waals surface area contributed by atoms with Crippen LogP contribution in [-0.4, -0.2) is 29.1 Å². The number of rotatable bonds is 1. The van der Waals surface area contributed by atoms with Crippen LogP contribution in [0.3, 0.4) is 0 Å². The average Bonchev–Trinajstić information content (AvgIpc) is 2.77. The van der Waals surface area contributed by atoms with Crippen LogP contribution in [0.5, 0.6) is 0 Å². The maximum Gasteiger partial charge on any atom is 0.274 e. The first kappa shape index (κ1) is 12.6. The Kier molecular flexibility index (Phi) is 3.03. The summed E-state index contributed by atoms with van der Waals surface area (Å²) in [5.41, 5.74) is 3.37. The van der Waals surface area contributed by atoms with E-state index in [1.807, 2.05) is 0 Å². The second-order valence-corrected chi connectivity index (χ2v) is 5.57. The Morgan fingerprint density at radius 1 is 1.53 bits per heavy atom. The lowest BCUT2D eigenvalue weighted by molar-refractivity contribution is 0.0705. The fourth-order valence-electron chi connectivity index (χ4n) is 3.39. The van der Waals surface area contributed by atoms with Crippen LogP contribution in [-0.2, 0) is 6.42 Å². The summed E-state index contributed by atoms with van der Waals surface area (Å²) in [5, 5.41) is 8.64. The SMILES string of the molecule is CC1C[C@@H]2c3c(F)cc(C(=O)NO)cc3CCN2C1. The number of hydrogen-bond acceptors (Lipinski definition) is 3. The molecule has 2 atom stereocenters. The summed E-state index contributed by atoms with van der Waals surface area (Å²) in [6.07, 6.45) is 1.72. The quantitative estimate of drug-likeness (QED) is 0.601. The molecular weight excluding hydrogens is 247 g/mol. The second-order valence-electron chi connectivity index (χ2n) is 5.57. The van der Waals surface area contributed by atoms with Crippen molar-refractivity contribution in [2.45, 2.75) is 25.8 Å². The van der Waals surface area contributed by atoms with Gasteiger partial charge >= 0.3 is 0 Å². The summed E-state index contributed by atoms with van der Waals surface area (Å²) in [5.74, 6) is -0.417. The van der Waals surface area contributed by atoms with E-state index >= 15 is 0 Å². The van der Waals surface area contributed by atoms with Crippen molar-refractivity contribution in [2.24, 2.45) is 5.92 Å². The van der Waals surface area contributed by atoms with Gasteiger partial charge < -0.3 is 0 Å². The Labute approximate surface area is 111 Å². The molecule has 2 aliphatic heterocycles. The van der Waals surface area contributed by atoms with Crippen molar-refractivity contribution in [1.29, 1.82) is 0 Å². The van der Waals surface area contributed by atoms with Crippen LogP contribution < -0.4 is 5.48 Å². The first-order valence-electron chi connectivity index (χ1n) is 6.61. The molecule has 5 heteroatoms. The lowest BCUT2D eigenvalue weighted by atomic mass is 9.89. The summed E-state index contributed by atoms with van der Waals surface area (Å²) in [6.45, 7) is 4.11. The van der Waals surface area contributed by atoms with Gasteiger partial charge in [0.25, 0.3) is 5.91 Å². The number of benzene rings is 1. The van der Waals surface area contributed by atoms with Crippen molar-refractivity contribution in [3.8, 4) is 0 Å². The highest BCUT2D eigenvalue weighted by atomic mass is 19.1. The van der Waals surface area contributed by atoms with Crippen molar-refractivity contribution in [2.75, 3.05) is 13.1 Å². The van der Waals surface area contributed by atoms with E-state index in [9.17, 15) is 9.18 Å². The molecule has 1 amide bonds. The maximum atomic E-state index is 14.3. The van der Waals surface area contributed by atoms with Crippen LogP contribution in [0.15, 0.2) is 12.1 Å². The summed E-state index contributed by atoms with van der Waals surface area (Å²) >= 11 is 0. The number of nitrogens with zero attached hydrogens (tertiary/aromatic N) is 1. The average molecular weight is 264 g/mol. The van der Waals surface area contributed by atoms with Crippen LogP contribution >= 0.6 is 0 Å². The Morgan fingerprint density at radius 3 is 3.05 bits per heavy atom. The molecule has 0 bridgehead atoms. The molecule has 2 aliphatic rings. The van der Waals surface area contributed by atoms with Crippen molar-refractivity contribution < 1.29 is 14.4 Å². The molecule has 102 valence electrons. The molecule has 1 aromatic rings. The molecule has 2 heterocycles. The molecule has 3 rings (SSSR count). The number of amides is 1. The van der Waals surface area contributed by atoms with Crippen LogP contribution in [0.4, 0.5) is 4.39 Å². The van der Waals surface area contributed by atoms with Gasteiger partial charge in [0.05, 0.1) is 0 Å². The monoisotopic (exact) mass is 264 g/mol. The molecule has 1 saturated heterocycles. The topological polar surface area (TPSA) is 52.6 Å². The molecule has 4 nitrogen and oxygen atoms in total. The van der Waals surface area contributed by atoms with E-state index in [0.717, 1.165) is 37.1 Å². The van der Waals surface area contributed by atoms with E-state index in [4.69, 9.17) is 5.21 Å². The molecule has 0 spiro atoms. The third-order valence-electron chi connectivity index (χ3n) is 4.19. The van der Waals surface area contributed by atoms with Gasteiger partial charge in [-0.2, -0.15) is 0 Å². The number of fused-ring (bicyclic) bond motifs is 3. The van der Waals surface area contributed by atoms with Crippen LogP contribution in [0.2, 0.25) is 0 Å². The fraction of sp³-hybridized carbons (Fsp3) is 0.500. The van der Waals surface area contributed by atoms with E-state index in [1.165, 1.54) is 6.07 Å². The highest BCUT2D eigenvalue weighted by Gasteiger charge is 2.36. The largest absolute Gasteiger partial charge is 0.296 e. The van der Waals surface area contributed by atoms with Gasteiger partial charge in [0.2, 0.25) is 0 Å². The van der Waals surface area contributed by atoms with Gasteiger partial charge in [-0.1, -0.05) is 6.92 Å². The van der Waals surface area contributed by atoms with Gasteiger partial charge in [-0.15, -0.1) is 0 Å². The molecule has 1 unspecified atom stereocenters. The second kappa shape index (κ2) is 4.58. The fourth-order valence-corrected chi connectivity index (χ4v) is 3.39. The van der Waals surface area contributed by atoms with E-state index in [0.29, 0.717) is 5.92 Å². The Bertz CT molecular complexity index is 532. The number of carbonyl (C=O) groups is 1. The molecule has 0 saturated carbocycles. The van der Waals surface area contributed by atoms with Gasteiger partial charge in [0, 0.05) is 30.3 Å². The van der Waals surface area contributed by atoms with Crippen LogP contribution in [0.1, 0.15) is 40.9 Å². The van der Waals surface area contributed by atoms with Crippen molar-refractivity contribution >= 4 is 5.91 Å². The molecule has 1 aromatic carbocycles. The molecule has 0 radical (unpaired) electrons. The summed E-state index contributed by atoms with van der Waals surface area (Å²) < 4.78 is 14.3. The zero-order valence-corrected chi connectivity index (χ0v) is 10.8. The van der Waals surface area contributed by atoms with Crippen LogP contribution in [0, 0.1) is 11.7 Å². The van der Waals surface area contributed by atoms with Crippen LogP contribution in [0.25, 0.3) is 0 Å². The minimum absolute atomic E-state index is 0.144. The first-order valence-corrected chi connectivity index (χ1v) is 6.61. The summed E-state index contributed by atoms with van der Waals surface area (Å²) in [7, 11) is 0. The molecule has 19 heavy (non-hydrogen) atoms. The van der Waals surface area contributed by atoms with E-state index in [-0.39, 0.29) is 17.4 Å². The minimum Gasteiger partial charge on any atom is -0.296 e. The predicted octanol–water partition coefficient (Wildman–Crippen LogP) is 1.88. The third kappa shape index (κ3) is 2.03. The molecule has 1 fully saturated rings. The Morgan fingerprint density at radius 2 is 2.32 bits per heavy atom. The van der Waals surface area contributed by atoms with Gasteiger partial charge in [-0.05, 0) is 36.5 Å². The minimum atomic E-state index is -0.663. The van der Waals surface area contributed by atoms with E-state index in [2.05, 4.69) is 11.8 Å². The van der Waals surface area contributed by atoms with Gasteiger partial charge in [-0.25, -0.2) is 9.87 Å². The lowest BCUT2D eigenvalue weighted by Crippen LogP contribution is -2.32. The standard InChI is InChI=1S/C14H17FN2O2/c1-8-4-12-13-9(2-3-17(12)7-8)5-10(6-11(13)15)14(18)16-19/h5-6,8,12,19H,2-4,7H2,1H3,(H,16,18)/t8?,12-/m1/s1. The smallest absolute Gasteiger partial charge is 0.274 e. The molecule has 0 aliphatic carbocycles. The van der Waals surface area contributed by atoms with Crippen molar-refractivity contribution in [3.05, 3.63) is 34.6 Å². The van der Waals surface area contributed by atoms with E-state index in [1.54, 1.807) is 11.5 Å². The van der Waals surface area contributed by atoms with Crippen molar-refractivity contribution in [3.63, 3.8) is 0 Å². The normalized spacial score (nSPS) is 25.8. The van der Waals surface area contributed by atoms with Crippen molar-refractivity contribution in [1.82, 2.24) is 10.4 Å². The summed E-state index contributed by atoms with van der Waals surface area (Å²) in [4.78, 5) is 13.7. The van der Waals surface area contributed by atoms with Gasteiger partial charge in [0.1, 0.15) is 5.82 Å². The predicted molar refractivity (Wildman–Crippen MR) is 67.5 cm³/mol. The zero-order chi connectivity index (χ0) is 13.6. The number of carbonyl (C=O) groups excluding carboxylic acids is 1. The first-order chi connectivity index (χ1) is 9.10. The molecule has 0 aromatic heterocycles. The Hall–Kier alpha value is -1.46. The molecular formula is C14H17FN2O2. The van der Waals surface area contributed by atoms with E-state index < -0.39 is 5.91 Å². The van der Waals surface area contributed by atoms with Gasteiger partial charge in [0.15, 0.2) is 0 Å². The highest BCUT2D eigenvalue weighted by Crippen LogP contribution is 2.41. The lowest BCUT2D eigenvalue weighted by Gasteiger charge is -2.32. The number of nitrogens with one attached hydrogen (secondary N) is 1. The Balaban J connectivity index is 2.03. The summed E-state index contributed by atoms with van der Waals surface area (Å²) in [6, 6.07) is 3.06.